The molecule has 0 bridgehead atoms. The first-order valence-corrected chi connectivity index (χ1v) is 5.07. The molecule has 0 aliphatic carbocycles. The van der Waals surface area contributed by atoms with Crippen LogP contribution in [0, 0.1) is 0 Å². The van der Waals surface area contributed by atoms with Gasteiger partial charge < -0.3 is 9.15 Å². The summed E-state index contributed by atoms with van der Waals surface area (Å²) in [6.07, 6.45) is 3.06. The quantitative estimate of drug-likeness (QED) is 0.251. The Balaban J connectivity index is 3.03. The van der Waals surface area contributed by atoms with Crippen LogP contribution in [0.1, 0.15) is 26.2 Å². The van der Waals surface area contributed by atoms with E-state index in [0.29, 0.717) is 6.61 Å². The van der Waals surface area contributed by atoms with Gasteiger partial charge in [0.25, 0.3) is 0 Å². The summed E-state index contributed by atoms with van der Waals surface area (Å²) in [4.78, 5) is 8.69. The molecule has 0 radical (unpaired) electrons. The molecule has 72 valence electrons. The van der Waals surface area contributed by atoms with Gasteiger partial charge >= 0.3 is 9.17 Å². The Bertz CT molecular complexity index is 119. The molecule has 0 aliphatic heterocycles. The molecule has 0 spiro atoms. The SMILES string of the molecule is CCCCCOO[Si](=O)OOC. The van der Waals surface area contributed by atoms with Crippen molar-refractivity contribution >= 4 is 9.17 Å². The van der Waals surface area contributed by atoms with Gasteiger partial charge in [-0.2, -0.15) is 4.89 Å². The third-order valence-corrected chi connectivity index (χ3v) is 1.67. The topological polar surface area (TPSA) is 54.0 Å². The van der Waals surface area contributed by atoms with Crippen LogP contribution in [0.2, 0.25) is 0 Å². The third kappa shape index (κ3) is 7.64. The van der Waals surface area contributed by atoms with Crippen molar-refractivity contribution in [3.8, 4) is 0 Å². The smallest absolute Gasteiger partial charge is 0.327 e. The van der Waals surface area contributed by atoms with Crippen LogP contribution >= 0.6 is 0 Å². The third-order valence-electron chi connectivity index (χ3n) is 1.11. The summed E-state index contributed by atoms with van der Waals surface area (Å²) in [7, 11) is -1.37. The Morgan fingerprint density at radius 3 is 2.58 bits per heavy atom. The highest BCUT2D eigenvalue weighted by atomic mass is 28.3. The van der Waals surface area contributed by atoms with Gasteiger partial charge in [0.15, 0.2) is 0 Å². The van der Waals surface area contributed by atoms with Gasteiger partial charge in [0.1, 0.15) is 0 Å². The Kier molecular flexibility index (Phi) is 8.30. The highest BCUT2D eigenvalue weighted by Gasteiger charge is 2.12. The summed E-state index contributed by atoms with van der Waals surface area (Å²) in [5.74, 6) is 0. The lowest BCUT2D eigenvalue weighted by atomic mass is 10.3. The van der Waals surface area contributed by atoms with E-state index in [2.05, 4.69) is 25.9 Å². The molecule has 12 heavy (non-hydrogen) atoms. The maximum absolute atomic E-state index is 10.6. The van der Waals surface area contributed by atoms with Crippen LogP contribution in [-0.2, 0) is 23.4 Å². The molecule has 0 aromatic rings. The summed E-state index contributed by atoms with van der Waals surface area (Å²) >= 11 is 0. The lowest BCUT2D eigenvalue weighted by Gasteiger charge is -2.00. The van der Waals surface area contributed by atoms with Gasteiger partial charge in [-0.25, -0.2) is 4.89 Å². The molecule has 0 atom stereocenters. The normalized spacial score (nSPS) is 9.50. The number of hydrogen-bond donors (Lipinski definition) is 0. The molecule has 5 nitrogen and oxygen atoms in total. The van der Waals surface area contributed by atoms with Crippen molar-refractivity contribution in [3.63, 3.8) is 0 Å². The first-order valence-electron chi connectivity index (χ1n) is 3.85. The zero-order valence-electron chi connectivity index (χ0n) is 7.37. The summed E-state index contributed by atoms with van der Waals surface area (Å²) in [6, 6.07) is 0. The zero-order valence-corrected chi connectivity index (χ0v) is 8.37. The predicted octanol–water partition coefficient (Wildman–Crippen LogP) is 1.12. The van der Waals surface area contributed by atoms with Crippen molar-refractivity contribution < 1.29 is 23.4 Å². The minimum atomic E-state index is -2.62. The molecule has 6 heteroatoms. The van der Waals surface area contributed by atoms with Crippen LogP contribution in [0.25, 0.3) is 0 Å². The number of rotatable bonds is 8. The average molecular weight is 194 g/mol. The average Bonchev–Trinajstić information content (AvgIpc) is 2.05. The summed E-state index contributed by atoms with van der Waals surface area (Å²) < 4.78 is 19.0. The van der Waals surface area contributed by atoms with E-state index in [1.54, 1.807) is 0 Å². The Labute approximate surface area is 73.3 Å². The molecule has 0 rings (SSSR count). The highest BCUT2D eigenvalue weighted by molar-refractivity contribution is 6.25. The lowest BCUT2D eigenvalue weighted by molar-refractivity contribution is -0.276. The van der Waals surface area contributed by atoms with Gasteiger partial charge in [-0.1, -0.05) is 19.8 Å². The van der Waals surface area contributed by atoms with Crippen molar-refractivity contribution in [3.05, 3.63) is 0 Å². The first-order chi connectivity index (χ1) is 5.81. The number of hydrogen-bond acceptors (Lipinski definition) is 5. The predicted molar refractivity (Wildman–Crippen MR) is 41.1 cm³/mol. The molecule has 0 aromatic heterocycles. The summed E-state index contributed by atoms with van der Waals surface area (Å²) in [6.45, 7) is 2.51. The Morgan fingerprint density at radius 1 is 1.25 bits per heavy atom. The molecule has 0 saturated heterocycles. The zero-order chi connectivity index (χ0) is 9.23. The molecule has 0 unspecified atom stereocenters. The Morgan fingerprint density at radius 2 is 2.00 bits per heavy atom. The van der Waals surface area contributed by atoms with Gasteiger partial charge in [0, 0.05) is 0 Å². The van der Waals surface area contributed by atoms with E-state index in [9.17, 15) is 4.46 Å². The van der Waals surface area contributed by atoms with Gasteiger partial charge in [0.2, 0.25) is 0 Å². The van der Waals surface area contributed by atoms with Crippen LogP contribution < -0.4 is 0 Å². The van der Waals surface area contributed by atoms with Crippen LogP contribution in [0.15, 0.2) is 0 Å². The maximum Gasteiger partial charge on any atom is 0.834 e. The fourth-order valence-corrected chi connectivity index (χ4v) is 0.926. The van der Waals surface area contributed by atoms with E-state index in [1.807, 2.05) is 0 Å². The van der Waals surface area contributed by atoms with E-state index in [4.69, 9.17) is 0 Å². The molecule has 0 aliphatic rings. The van der Waals surface area contributed by atoms with Gasteiger partial charge in [-0.05, 0) is 6.42 Å². The van der Waals surface area contributed by atoms with Gasteiger partial charge in [-0.15, -0.1) is 0 Å². The van der Waals surface area contributed by atoms with Crippen LogP contribution in [0.4, 0.5) is 0 Å². The van der Waals surface area contributed by atoms with Crippen molar-refractivity contribution in [1.82, 2.24) is 0 Å². The van der Waals surface area contributed by atoms with Crippen molar-refractivity contribution in [1.29, 1.82) is 0 Å². The molecule has 0 saturated carbocycles. The second kappa shape index (κ2) is 8.63. The van der Waals surface area contributed by atoms with E-state index in [-0.39, 0.29) is 0 Å². The van der Waals surface area contributed by atoms with Crippen molar-refractivity contribution in [2.75, 3.05) is 13.7 Å². The standard InChI is InChI=1S/C6H14O5Si/c1-3-4-5-6-9-11-12(7)10-8-2/h3-6H2,1-2H3. The Hall–Kier alpha value is -0.463. The molecule has 0 fully saturated rings. The molecular formula is C6H14O5Si. The van der Waals surface area contributed by atoms with Crippen LogP contribution in [0.5, 0.6) is 0 Å². The van der Waals surface area contributed by atoms with Crippen LogP contribution in [0.3, 0.4) is 0 Å². The summed E-state index contributed by atoms with van der Waals surface area (Å²) in [5.41, 5.74) is 0. The second-order valence-corrected chi connectivity index (χ2v) is 2.95. The fraction of sp³-hybridized carbons (Fsp3) is 1.00. The molecule has 0 N–H and O–H groups in total. The molecule has 0 amide bonds. The van der Waals surface area contributed by atoms with E-state index in [0.717, 1.165) is 19.3 Å². The van der Waals surface area contributed by atoms with Gasteiger partial charge in [0.05, 0.1) is 13.7 Å². The summed E-state index contributed by atoms with van der Waals surface area (Å²) in [5, 5.41) is 0. The molecule has 0 aromatic carbocycles. The van der Waals surface area contributed by atoms with E-state index >= 15 is 0 Å². The number of unbranched alkanes of at least 4 members (excludes halogenated alkanes) is 2. The first kappa shape index (κ1) is 11.5. The molecular weight excluding hydrogens is 180 g/mol. The van der Waals surface area contributed by atoms with E-state index in [1.165, 1.54) is 7.11 Å². The van der Waals surface area contributed by atoms with Gasteiger partial charge in [-0.3, -0.25) is 4.46 Å². The lowest BCUT2D eigenvalue weighted by Crippen LogP contribution is -2.12. The van der Waals surface area contributed by atoms with E-state index < -0.39 is 9.17 Å². The highest BCUT2D eigenvalue weighted by Crippen LogP contribution is 1.94. The largest absolute Gasteiger partial charge is 0.834 e. The van der Waals surface area contributed by atoms with Crippen molar-refractivity contribution in [2.45, 2.75) is 26.2 Å². The van der Waals surface area contributed by atoms with Crippen molar-refractivity contribution in [2.24, 2.45) is 0 Å². The minimum absolute atomic E-state index is 0.428. The minimum Gasteiger partial charge on any atom is -0.327 e. The molecule has 0 heterocycles. The van der Waals surface area contributed by atoms with Crippen LogP contribution in [-0.4, -0.2) is 22.9 Å². The maximum atomic E-state index is 10.6. The monoisotopic (exact) mass is 194 g/mol. The second-order valence-electron chi connectivity index (χ2n) is 2.11. The fourth-order valence-electron chi connectivity index (χ4n) is 0.583.